The van der Waals surface area contributed by atoms with Crippen LogP contribution in [0.1, 0.15) is 49.3 Å². The van der Waals surface area contributed by atoms with E-state index in [1.165, 1.54) is 72.6 Å². The van der Waals surface area contributed by atoms with Crippen molar-refractivity contribution in [2.75, 3.05) is 27.5 Å². The lowest BCUT2D eigenvalue weighted by Crippen LogP contribution is -2.46. The number of amides is 1. The summed E-state index contributed by atoms with van der Waals surface area (Å²) < 4.78 is 0. The lowest BCUT2D eigenvalue weighted by atomic mass is 9.70. The van der Waals surface area contributed by atoms with Crippen molar-refractivity contribution in [2.45, 2.75) is 25.4 Å². The first-order valence-corrected chi connectivity index (χ1v) is 16.3. The molecule has 0 atom stereocenters. The number of rotatable bonds is 2. The highest BCUT2D eigenvalue weighted by atomic mass is 16.1. The van der Waals surface area contributed by atoms with Gasteiger partial charge in [-0.3, -0.25) is 4.79 Å². The SMILES string of the molecule is Cc1ccc2c(c1)C1(c3ccccc3-c3ccccc31)c1cc(C(=O)Nc3ccc4c(c3)CN3CN4Cc4cc(N)ccc43)ccc1-2. The first kappa shape index (κ1) is 26.4. The molecular formula is C42H32N4O. The average molecular weight is 609 g/mol. The zero-order valence-electron chi connectivity index (χ0n) is 26.0. The van der Waals surface area contributed by atoms with Gasteiger partial charge in [0, 0.05) is 41.4 Å². The van der Waals surface area contributed by atoms with E-state index in [1.807, 2.05) is 18.2 Å². The van der Waals surface area contributed by atoms with Crippen molar-refractivity contribution in [1.29, 1.82) is 0 Å². The van der Waals surface area contributed by atoms with E-state index >= 15 is 0 Å². The number of hydrogen-bond donors (Lipinski definition) is 2. The Balaban J connectivity index is 1.04. The summed E-state index contributed by atoms with van der Waals surface area (Å²) in [7, 11) is 0. The summed E-state index contributed by atoms with van der Waals surface area (Å²) in [5, 5.41) is 3.25. The Morgan fingerprint density at radius 2 is 1.23 bits per heavy atom. The maximum atomic E-state index is 14.1. The molecule has 0 aromatic heterocycles. The minimum Gasteiger partial charge on any atom is -0.399 e. The van der Waals surface area contributed by atoms with E-state index in [0.717, 1.165) is 31.1 Å². The third kappa shape index (κ3) is 3.57. The maximum absolute atomic E-state index is 14.1. The quantitative estimate of drug-likeness (QED) is 0.193. The van der Waals surface area contributed by atoms with Crippen LogP contribution in [0.4, 0.5) is 22.7 Å². The van der Waals surface area contributed by atoms with Gasteiger partial charge in [-0.2, -0.15) is 0 Å². The molecule has 0 unspecified atom stereocenters. The van der Waals surface area contributed by atoms with Crippen LogP contribution in [0, 0.1) is 6.92 Å². The van der Waals surface area contributed by atoms with Gasteiger partial charge in [-0.1, -0.05) is 78.4 Å². The molecule has 4 aliphatic rings. The Labute approximate surface area is 273 Å². The zero-order chi connectivity index (χ0) is 31.4. The molecule has 2 aliphatic heterocycles. The first-order chi connectivity index (χ1) is 23.0. The molecule has 1 spiro atoms. The highest BCUT2D eigenvalue weighted by Crippen LogP contribution is 2.62. The van der Waals surface area contributed by atoms with Gasteiger partial charge in [0.1, 0.15) is 0 Å². The van der Waals surface area contributed by atoms with Crippen molar-refractivity contribution in [1.82, 2.24) is 0 Å². The van der Waals surface area contributed by atoms with Crippen molar-refractivity contribution in [3.8, 4) is 22.3 Å². The summed E-state index contributed by atoms with van der Waals surface area (Å²) in [5.74, 6) is -0.105. The van der Waals surface area contributed by atoms with Gasteiger partial charge >= 0.3 is 0 Å². The second-order valence-electron chi connectivity index (χ2n) is 13.4. The second kappa shape index (κ2) is 9.36. The number of aryl methyl sites for hydroxylation is 1. The molecule has 47 heavy (non-hydrogen) atoms. The summed E-state index contributed by atoms with van der Waals surface area (Å²) in [6.07, 6.45) is 0. The Morgan fingerprint density at radius 1 is 0.638 bits per heavy atom. The van der Waals surface area contributed by atoms with Crippen molar-refractivity contribution in [2.24, 2.45) is 0 Å². The van der Waals surface area contributed by atoms with E-state index < -0.39 is 5.41 Å². The fourth-order valence-corrected chi connectivity index (χ4v) is 8.78. The van der Waals surface area contributed by atoms with Gasteiger partial charge in [-0.15, -0.1) is 0 Å². The minimum absolute atomic E-state index is 0.105. The lowest BCUT2D eigenvalue weighted by Gasteiger charge is -2.45. The maximum Gasteiger partial charge on any atom is 0.255 e. The zero-order valence-corrected chi connectivity index (χ0v) is 26.0. The second-order valence-corrected chi connectivity index (χ2v) is 13.4. The average Bonchev–Trinajstić information content (AvgIpc) is 3.54. The highest BCUT2D eigenvalue weighted by molar-refractivity contribution is 6.06. The van der Waals surface area contributed by atoms with Gasteiger partial charge in [0.2, 0.25) is 0 Å². The molecule has 0 fully saturated rings. The van der Waals surface area contributed by atoms with Crippen LogP contribution in [0.5, 0.6) is 0 Å². The van der Waals surface area contributed by atoms with Crippen molar-refractivity contribution in [3.63, 3.8) is 0 Å². The predicted octanol–water partition coefficient (Wildman–Crippen LogP) is 8.47. The monoisotopic (exact) mass is 608 g/mol. The third-order valence-corrected chi connectivity index (χ3v) is 10.7. The molecule has 6 aromatic carbocycles. The van der Waals surface area contributed by atoms with Crippen LogP contribution >= 0.6 is 0 Å². The molecule has 10 rings (SSSR count). The molecule has 5 nitrogen and oxygen atoms in total. The first-order valence-electron chi connectivity index (χ1n) is 16.3. The van der Waals surface area contributed by atoms with Crippen LogP contribution in [-0.2, 0) is 18.5 Å². The topological polar surface area (TPSA) is 61.6 Å². The largest absolute Gasteiger partial charge is 0.399 e. The van der Waals surface area contributed by atoms with E-state index in [2.05, 4.69) is 125 Å². The Kier molecular flexibility index (Phi) is 5.26. The number of nitrogens with two attached hydrogens (primary N) is 1. The Bertz CT molecular complexity index is 2290. The van der Waals surface area contributed by atoms with E-state index in [1.54, 1.807) is 0 Å². The molecule has 2 bridgehead atoms. The molecule has 6 aromatic rings. The molecule has 0 saturated heterocycles. The van der Waals surface area contributed by atoms with Gasteiger partial charge in [0.25, 0.3) is 5.91 Å². The van der Waals surface area contributed by atoms with E-state index in [0.29, 0.717) is 5.56 Å². The molecule has 0 radical (unpaired) electrons. The number of carbonyl (C=O) groups excluding carboxylic acids is 1. The number of nitrogen functional groups attached to an aromatic ring is 1. The van der Waals surface area contributed by atoms with Crippen LogP contribution in [0.2, 0.25) is 0 Å². The summed E-state index contributed by atoms with van der Waals surface area (Å²) in [6.45, 7) is 4.61. The molecule has 2 heterocycles. The number of benzene rings is 6. The molecule has 3 N–H and O–H groups in total. The van der Waals surface area contributed by atoms with E-state index in [-0.39, 0.29) is 5.91 Å². The van der Waals surface area contributed by atoms with E-state index in [4.69, 9.17) is 5.73 Å². The fourth-order valence-electron chi connectivity index (χ4n) is 8.78. The van der Waals surface area contributed by atoms with Gasteiger partial charge in [-0.05, 0) is 111 Å². The summed E-state index contributed by atoms with van der Waals surface area (Å²) in [4.78, 5) is 18.8. The summed E-state index contributed by atoms with van der Waals surface area (Å²) >= 11 is 0. The molecule has 0 saturated carbocycles. The number of carbonyl (C=O) groups is 1. The molecular weight excluding hydrogens is 576 g/mol. The Hall–Kier alpha value is -5.81. The molecule has 1 amide bonds. The van der Waals surface area contributed by atoms with Crippen molar-refractivity contribution in [3.05, 3.63) is 166 Å². The fraction of sp³-hybridized carbons (Fsp3) is 0.119. The highest BCUT2D eigenvalue weighted by Gasteiger charge is 2.51. The number of hydrogen-bond acceptors (Lipinski definition) is 4. The van der Waals surface area contributed by atoms with Crippen LogP contribution in [-0.4, -0.2) is 12.6 Å². The van der Waals surface area contributed by atoms with Crippen LogP contribution in [0.25, 0.3) is 22.3 Å². The Morgan fingerprint density at radius 3 is 1.96 bits per heavy atom. The minimum atomic E-state index is -0.479. The van der Waals surface area contributed by atoms with Gasteiger partial charge in [-0.25, -0.2) is 0 Å². The van der Waals surface area contributed by atoms with Gasteiger partial charge in [0.05, 0.1) is 12.1 Å². The number of fused-ring (bicyclic) bond motifs is 16. The predicted molar refractivity (Wildman–Crippen MR) is 190 cm³/mol. The number of nitrogens with zero attached hydrogens (tertiary/aromatic N) is 2. The third-order valence-electron chi connectivity index (χ3n) is 10.7. The molecule has 5 heteroatoms. The van der Waals surface area contributed by atoms with Crippen molar-refractivity contribution < 1.29 is 4.79 Å². The van der Waals surface area contributed by atoms with E-state index in [9.17, 15) is 4.79 Å². The summed E-state index contributed by atoms with van der Waals surface area (Å²) in [6, 6.07) is 43.1. The summed E-state index contributed by atoms with van der Waals surface area (Å²) in [5.41, 5.74) is 23.9. The van der Waals surface area contributed by atoms with Gasteiger partial charge < -0.3 is 20.9 Å². The normalized spacial score (nSPS) is 15.3. The van der Waals surface area contributed by atoms with Crippen LogP contribution < -0.4 is 20.9 Å². The number of anilines is 4. The standard InChI is InChI=1S/C42H32N4O/c1-25-10-14-33-34-15-11-26(21-38(34)42(37(33)18-25)35-8-4-2-6-31(35)32-7-3-5-9-36(32)42)41(47)44-30-13-17-40-28(20-30)23-46-24-45(40)22-27-19-29(43)12-16-39(27)46/h2-21H,22-24,43H2,1H3,(H,44,47). The lowest BCUT2D eigenvalue weighted by molar-refractivity contribution is 0.102. The molecule has 2 aliphatic carbocycles. The van der Waals surface area contributed by atoms with Crippen LogP contribution in [0.3, 0.4) is 0 Å². The molecule has 226 valence electrons. The van der Waals surface area contributed by atoms with Gasteiger partial charge in [0.15, 0.2) is 0 Å². The van der Waals surface area contributed by atoms with Crippen LogP contribution in [0.15, 0.2) is 121 Å². The van der Waals surface area contributed by atoms with Crippen molar-refractivity contribution >= 4 is 28.7 Å². The smallest absolute Gasteiger partial charge is 0.255 e. The number of nitrogens with one attached hydrogen (secondary N) is 1.